The summed E-state index contributed by atoms with van der Waals surface area (Å²) in [7, 11) is 0. The van der Waals surface area contributed by atoms with Gasteiger partial charge in [-0.15, -0.1) is 10.2 Å². The van der Waals surface area contributed by atoms with Crippen LogP contribution in [0.4, 0.5) is 9.93 Å². The average Bonchev–Trinajstić information content (AvgIpc) is 3.48. The predicted molar refractivity (Wildman–Crippen MR) is 145 cm³/mol. The molecule has 0 unspecified atom stereocenters. The van der Waals surface area contributed by atoms with Gasteiger partial charge < -0.3 is 0 Å². The molecule has 0 radical (unpaired) electrons. The monoisotopic (exact) mass is 530 g/mol. The number of imide groups is 1. The largest absolute Gasteiger partial charge is 0.296 e. The van der Waals surface area contributed by atoms with Gasteiger partial charge in [-0.05, 0) is 52.2 Å². The third-order valence-electron chi connectivity index (χ3n) is 5.16. The molecule has 0 saturated carbocycles. The molecule has 0 spiro atoms. The fourth-order valence-corrected chi connectivity index (χ4v) is 5.75. The fourth-order valence-electron chi connectivity index (χ4n) is 3.36. The van der Waals surface area contributed by atoms with Gasteiger partial charge in [-0.1, -0.05) is 89.8 Å². The molecule has 1 aliphatic heterocycles. The van der Waals surface area contributed by atoms with Crippen molar-refractivity contribution in [2.45, 2.75) is 10.1 Å². The number of carbonyl (C=O) groups excluding carboxylic acids is 3. The molecule has 5 rings (SSSR count). The van der Waals surface area contributed by atoms with E-state index < -0.39 is 11.1 Å². The highest BCUT2D eigenvalue weighted by molar-refractivity contribution is 8.18. The van der Waals surface area contributed by atoms with Gasteiger partial charge >= 0.3 is 0 Å². The molecule has 1 aromatic heterocycles. The normalized spacial score (nSPS) is 14.2. The lowest BCUT2D eigenvalue weighted by atomic mass is 10.0. The number of aromatic nitrogens is 2. The van der Waals surface area contributed by atoms with Crippen molar-refractivity contribution in [2.24, 2.45) is 0 Å². The van der Waals surface area contributed by atoms with E-state index in [1.807, 2.05) is 18.2 Å². The van der Waals surface area contributed by atoms with Crippen molar-refractivity contribution in [3.05, 3.63) is 100 Å². The van der Waals surface area contributed by atoms with Gasteiger partial charge in [0.2, 0.25) is 5.13 Å². The molecule has 7 nitrogen and oxygen atoms in total. The van der Waals surface area contributed by atoms with E-state index in [1.54, 1.807) is 42.1 Å². The SMILES string of the molecule is O=C1NC(=O)/C(=C/c2ccc(C(=O)Nc3nnc(SCc4ccc(-c5ccccc5)cc4)s3)cc2)S1. The van der Waals surface area contributed by atoms with Crippen LogP contribution in [0.1, 0.15) is 21.5 Å². The zero-order valence-corrected chi connectivity index (χ0v) is 21.1. The van der Waals surface area contributed by atoms with E-state index in [4.69, 9.17) is 0 Å². The van der Waals surface area contributed by atoms with Gasteiger partial charge in [-0.25, -0.2) is 0 Å². The van der Waals surface area contributed by atoms with Crippen molar-refractivity contribution in [1.82, 2.24) is 15.5 Å². The highest BCUT2D eigenvalue weighted by Crippen LogP contribution is 2.30. The maximum Gasteiger partial charge on any atom is 0.290 e. The Hall–Kier alpha value is -3.73. The van der Waals surface area contributed by atoms with Crippen LogP contribution in [-0.4, -0.2) is 27.3 Å². The number of thioether (sulfide) groups is 2. The molecule has 1 saturated heterocycles. The van der Waals surface area contributed by atoms with E-state index in [0.717, 1.165) is 21.9 Å². The number of benzene rings is 3. The molecule has 1 aliphatic rings. The quantitative estimate of drug-likeness (QED) is 0.170. The summed E-state index contributed by atoms with van der Waals surface area (Å²) in [5.41, 5.74) is 4.69. The van der Waals surface area contributed by atoms with Gasteiger partial charge in [0.15, 0.2) is 4.34 Å². The molecule has 36 heavy (non-hydrogen) atoms. The third-order valence-corrected chi connectivity index (χ3v) is 8.02. The van der Waals surface area contributed by atoms with Gasteiger partial charge in [-0.2, -0.15) is 0 Å². The van der Waals surface area contributed by atoms with Crippen LogP contribution in [0, 0.1) is 0 Å². The Labute approximate surface area is 219 Å². The Kier molecular flexibility index (Phi) is 7.26. The molecule has 0 aliphatic carbocycles. The van der Waals surface area contributed by atoms with Crippen molar-refractivity contribution in [3.8, 4) is 11.1 Å². The number of carbonyl (C=O) groups is 3. The Balaban J connectivity index is 1.15. The second kappa shape index (κ2) is 10.9. The molecular weight excluding hydrogens is 513 g/mol. The van der Waals surface area contributed by atoms with Crippen molar-refractivity contribution in [3.63, 3.8) is 0 Å². The number of nitrogens with one attached hydrogen (secondary N) is 2. The summed E-state index contributed by atoms with van der Waals surface area (Å²) < 4.78 is 0.765. The summed E-state index contributed by atoms with van der Waals surface area (Å²) in [6.45, 7) is 0. The number of hydrogen-bond donors (Lipinski definition) is 2. The van der Waals surface area contributed by atoms with Crippen LogP contribution in [0.15, 0.2) is 88.1 Å². The molecule has 0 atom stereocenters. The Morgan fingerprint density at radius 1 is 0.917 bits per heavy atom. The summed E-state index contributed by atoms with van der Waals surface area (Å²) in [6.07, 6.45) is 1.61. The van der Waals surface area contributed by atoms with E-state index in [2.05, 4.69) is 57.2 Å². The van der Waals surface area contributed by atoms with Gasteiger partial charge in [0.1, 0.15) is 0 Å². The molecule has 2 N–H and O–H groups in total. The van der Waals surface area contributed by atoms with Crippen LogP contribution in [0.25, 0.3) is 17.2 Å². The summed E-state index contributed by atoms with van der Waals surface area (Å²) in [5, 5.41) is 13.3. The summed E-state index contributed by atoms with van der Waals surface area (Å²) in [6, 6.07) is 25.4. The summed E-state index contributed by atoms with van der Waals surface area (Å²) in [4.78, 5) is 35.9. The first-order valence-electron chi connectivity index (χ1n) is 10.8. The molecular formula is C26H18N4O3S3. The smallest absolute Gasteiger partial charge is 0.290 e. The topological polar surface area (TPSA) is 101 Å². The zero-order chi connectivity index (χ0) is 24.9. The van der Waals surface area contributed by atoms with Crippen LogP contribution in [0.5, 0.6) is 0 Å². The Morgan fingerprint density at radius 2 is 1.64 bits per heavy atom. The van der Waals surface area contributed by atoms with Crippen molar-refractivity contribution >= 4 is 63.1 Å². The molecule has 3 amide bonds. The van der Waals surface area contributed by atoms with Crippen LogP contribution in [0.3, 0.4) is 0 Å². The van der Waals surface area contributed by atoms with Gasteiger partial charge in [-0.3, -0.25) is 25.0 Å². The molecule has 3 aromatic carbocycles. The van der Waals surface area contributed by atoms with E-state index in [1.165, 1.54) is 28.0 Å². The lowest BCUT2D eigenvalue weighted by Gasteiger charge is -2.03. The maximum absolute atomic E-state index is 12.6. The van der Waals surface area contributed by atoms with E-state index in [0.29, 0.717) is 21.2 Å². The second-order valence-corrected chi connectivity index (χ2v) is 10.9. The van der Waals surface area contributed by atoms with Crippen LogP contribution >= 0.6 is 34.9 Å². The second-order valence-electron chi connectivity index (χ2n) is 7.65. The number of hydrogen-bond acceptors (Lipinski definition) is 8. The maximum atomic E-state index is 12.6. The molecule has 2 heterocycles. The number of nitrogens with zero attached hydrogens (tertiary/aromatic N) is 2. The molecule has 0 bridgehead atoms. The predicted octanol–water partition coefficient (Wildman–Crippen LogP) is 6.07. The number of rotatable bonds is 7. The minimum absolute atomic E-state index is 0.304. The lowest BCUT2D eigenvalue weighted by Crippen LogP contribution is -2.17. The van der Waals surface area contributed by atoms with Crippen LogP contribution in [-0.2, 0) is 10.5 Å². The summed E-state index contributed by atoms with van der Waals surface area (Å²) >= 11 is 3.74. The van der Waals surface area contributed by atoms with E-state index >= 15 is 0 Å². The van der Waals surface area contributed by atoms with E-state index in [-0.39, 0.29) is 5.91 Å². The van der Waals surface area contributed by atoms with Gasteiger partial charge in [0, 0.05) is 11.3 Å². The lowest BCUT2D eigenvalue weighted by molar-refractivity contribution is -0.115. The standard InChI is InChI=1S/C26H18N4O3S3/c31-22(20-12-6-16(7-13-20)14-21-23(32)28-25(33)35-21)27-24-29-30-26(36-24)34-15-17-8-10-19(11-9-17)18-4-2-1-3-5-18/h1-14H,15H2,(H,27,29,31)(H,28,32,33)/b21-14-. The molecule has 1 fully saturated rings. The van der Waals surface area contributed by atoms with Crippen molar-refractivity contribution in [2.75, 3.05) is 5.32 Å². The minimum atomic E-state index is -0.416. The number of anilines is 1. The van der Waals surface area contributed by atoms with Crippen molar-refractivity contribution < 1.29 is 14.4 Å². The average molecular weight is 531 g/mol. The molecule has 10 heteroatoms. The highest BCUT2D eigenvalue weighted by Gasteiger charge is 2.24. The first-order chi connectivity index (χ1) is 17.5. The first-order valence-corrected chi connectivity index (χ1v) is 13.4. The minimum Gasteiger partial charge on any atom is -0.296 e. The van der Waals surface area contributed by atoms with Crippen molar-refractivity contribution in [1.29, 1.82) is 0 Å². The first kappa shape index (κ1) is 24.0. The van der Waals surface area contributed by atoms with Gasteiger partial charge in [0.05, 0.1) is 4.91 Å². The molecule has 178 valence electrons. The third kappa shape index (κ3) is 5.91. The molecule has 4 aromatic rings. The van der Waals surface area contributed by atoms with E-state index in [9.17, 15) is 14.4 Å². The summed E-state index contributed by atoms with van der Waals surface area (Å²) in [5.74, 6) is 0.0267. The zero-order valence-electron chi connectivity index (χ0n) is 18.6. The number of amides is 3. The Morgan fingerprint density at radius 3 is 2.33 bits per heavy atom. The van der Waals surface area contributed by atoms with Crippen LogP contribution < -0.4 is 10.6 Å². The fraction of sp³-hybridized carbons (Fsp3) is 0.0385. The van der Waals surface area contributed by atoms with Crippen LogP contribution in [0.2, 0.25) is 0 Å². The highest BCUT2D eigenvalue weighted by atomic mass is 32.2. The Bertz CT molecular complexity index is 1450. The van der Waals surface area contributed by atoms with Gasteiger partial charge in [0.25, 0.3) is 17.1 Å².